The average molecular weight is 425 g/mol. The Morgan fingerprint density at radius 1 is 1.30 bits per heavy atom. The Kier molecular flexibility index (Phi) is 6.14. The number of methoxy groups -OCH3 is 2. The van der Waals surface area contributed by atoms with E-state index in [0.29, 0.717) is 17.1 Å². The number of hydrogen-bond acceptors (Lipinski definition) is 10. The van der Waals surface area contributed by atoms with Crippen LogP contribution in [0, 0.1) is 0 Å². The minimum Gasteiger partial charge on any atom is -0.465 e. The molecule has 8 nitrogen and oxygen atoms in total. The van der Waals surface area contributed by atoms with Crippen molar-refractivity contribution in [3.05, 3.63) is 44.2 Å². The zero-order valence-electron chi connectivity index (χ0n) is 14.5. The summed E-state index contributed by atoms with van der Waals surface area (Å²) < 4.78 is 9.58. The van der Waals surface area contributed by atoms with Gasteiger partial charge in [-0.3, -0.25) is 5.10 Å². The van der Waals surface area contributed by atoms with E-state index in [2.05, 4.69) is 15.2 Å². The Morgan fingerprint density at radius 3 is 2.74 bits per heavy atom. The fourth-order valence-electron chi connectivity index (χ4n) is 2.34. The van der Waals surface area contributed by atoms with E-state index in [0.717, 1.165) is 17.2 Å². The molecule has 0 aliphatic heterocycles. The molecule has 0 aliphatic carbocycles. The first-order valence-electron chi connectivity index (χ1n) is 7.67. The second-order valence-electron chi connectivity index (χ2n) is 5.24. The second kappa shape index (κ2) is 8.55. The monoisotopic (exact) mass is 424 g/mol. The molecule has 142 valence electrons. The molecule has 0 fully saturated rings. The van der Waals surface area contributed by atoms with E-state index < -0.39 is 11.9 Å². The molecule has 0 bridgehead atoms. The van der Waals surface area contributed by atoms with Gasteiger partial charge in [0, 0.05) is 22.6 Å². The number of carbonyl (C=O) groups is 2. The number of esters is 2. The van der Waals surface area contributed by atoms with Crippen molar-refractivity contribution in [3.63, 3.8) is 0 Å². The summed E-state index contributed by atoms with van der Waals surface area (Å²) in [6.45, 7) is 0. The number of aromatic nitrogens is 3. The molecule has 0 radical (unpaired) electrons. The van der Waals surface area contributed by atoms with Gasteiger partial charge < -0.3 is 15.2 Å². The van der Waals surface area contributed by atoms with Gasteiger partial charge >= 0.3 is 11.9 Å². The van der Waals surface area contributed by atoms with Crippen molar-refractivity contribution in [3.8, 4) is 0 Å². The van der Waals surface area contributed by atoms with Crippen molar-refractivity contribution in [1.29, 1.82) is 0 Å². The van der Waals surface area contributed by atoms with Crippen molar-refractivity contribution in [2.24, 2.45) is 0 Å². The summed E-state index contributed by atoms with van der Waals surface area (Å²) in [6, 6.07) is 4.01. The molecule has 3 N–H and O–H groups in total. The number of thioether (sulfide) groups is 1. The summed E-state index contributed by atoms with van der Waals surface area (Å²) in [7, 11) is 2.54. The van der Waals surface area contributed by atoms with Gasteiger partial charge in [-0.2, -0.15) is 0 Å². The Morgan fingerprint density at radius 2 is 2.07 bits per heavy atom. The second-order valence-corrected chi connectivity index (χ2v) is 8.27. The van der Waals surface area contributed by atoms with Gasteiger partial charge in [-0.25, -0.2) is 14.6 Å². The number of aromatic amines is 1. The highest BCUT2D eigenvalue weighted by Gasteiger charge is 2.27. The topological polar surface area (TPSA) is 120 Å². The van der Waals surface area contributed by atoms with E-state index >= 15 is 0 Å². The normalized spacial score (nSPS) is 10.7. The highest BCUT2D eigenvalue weighted by Crippen LogP contribution is 2.36. The molecule has 0 aromatic carbocycles. The fraction of sp³-hybridized carbons (Fsp3) is 0.250. The molecular formula is C16H16N4O4S3. The maximum absolute atomic E-state index is 12.1. The fourth-order valence-corrected chi connectivity index (χ4v) is 4.98. The number of nitrogens with one attached hydrogen (secondary N) is 1. The quantitative estimate of drug-likeness (QED) is 0.439. The first-order chi connectivity index (χ1) is 13.0. The first-order valence-corrected chi connectivity index (χ1v) is 10.4. The number of hydrogen-bond donors (Lipinski definition) is 2. The lowest BCUT2D eigenvalue weighted by Gasteiger charge is -2.04. The minimum absolute atomic E-state index is 0.185. The molecule has 11 heteroatoms. The molecule has 0 saturated heterocycles. The van der Waals surface area contributed by atoms with Gasteiger partial charge in [-0.05, 0) is 11.4 Å². The number of anilines is 1. The van der Waals surface area contributed by atoms with E-state index in [-0.39, 0.29) is 21.2 Å². The van der Waals surface area contributed by atoms with Crippen LogP contribution in [0.15, 0.2) is 22.7 Å². The third kappa shape index (κ3) is 4.31. The lowest BCUT2D eigenvalue weighted by molar-refractivity contribution is 0.0601. The van der Waals surface area contributed by atoms with Gasteiger partial charge in [-0.1, -0.05) is 17.8 Å². The minimum atomic E-state index is -0.595. The van der Waals surface area contributed by atoms with Crippen LogP contribution in [-0.4, -0.2) is 41.3 Å². The SMILES string of the molecule is COC(=O)c1sc(N)c(C(=O)OC)c1CSc1n[nH]c(Cc2cccs2)n1. The van der Waals surface area contributed by atoms with Gasteiger partial charge in [0.2, 0.25) is 5.16 Å². The van der Waals surface area contributed by atoms with Crippen LogP contribution < -0.4 is 5.73 Å². The van der Waals surface area contributed by atoms with Crippen molar-refractivity contribution in [1.82, 2.24) is 15.2 Å². The molecule has 3 aromatic heterocycles. The zero-order valence-corrected chi connectivity index (χ0v) is 16.9. The lowest BCUT2D eigenvalue weighted by atomic mass is 10.1. The average Bonchev–Trinajstić information content (AvgIpc) is 3.40. The number of ether oxygens (including phenoxy) is 2. The van der Waals surface area contributed by atoms with E-state index in [1.165, 1.54) is 30.9 Å². The highest BCUT2D eigenvalue weighted by molar-refractivity contribution is 7.98. The third-order valence-electron chi connectivity index (χ3n) is 3.57. The number of nitrogens with two attached hydrogens (primary N) is 1. The maximum Gasteiger partial charge on any atom is 0.348 e. The van der Waals surface area contributed by atoms with E-state index in [1.807, 2.05) is 17.5 Å². The van der Waals surface area contributed by atoms with Crippen molar-refractivity contribution < 1.29 is 19.1 Å². The Hall–Kier alpha value is -2.37. The van der Waals surface area contributed by atoms with Crippen LogP contribution in [0.3, 0.4) is 0 Å². The van der Waals surface area contributed by atoms with Crippen LogP contribution in [-0.2, 0) is 21.6 Å². The number of thiophene rings is 2. The van der Waals surface area contributed by atoms with E-state index in [9.17, 15) is 9.59 Å². The molecule has 0 unspecified atom stereocenters. The number of nitrogens with zero attached hydrogens (tertiary/aromatic N) is 2. The standard InChI is InChI=1S/C16H16N4O4S3/c1-23-14(21)11-9(12(15(22)24-2)27-13(11)17)7-26-16-18-10(19-20-16)6-8-4-3-5-25-8/h3-5H,6-7,17H2,1-2H3,(H,18,19,20). The molecule has 3 aromatic rings. The molecule has 0 amide bonds. The van der Waals surface area contributed by atoms with Crippen LogP contribution in [0.4, 0.5) is 5.00 Å². The molecular weight excluding hydrogens is 408 g/mol. The Labute approximate surface area is 167 Å². The number of nitrogen functional groups attached to an aromatic ring is 1. The van der Waals surface area contributed by atoms with Crippen molar-refractivity contribution >= 4 is 51.4 Å². The molecule has 3 rings (SSSR count). The smallest absolute Gasteiger partial charge is 0.348 e. The summed E-state index contributed by atoms with van der Waals surface area (Å²) >= 11 is 3.94. The Bertz CT molecular complexity index is 949. The molecule has 0 aliphatic rings. The predicted octanol–water partition coefficient (Wildman–Crippen LogP) is 2.97. The predicted molar refractivity (Wildman–Crippen MR) is 104 cm³/mol. The van der Waals surface area contributed by atoms with E-state index in [4.69, 9.17) is 15.2 Å². The van der Waals surface area contributed by atoms with Gasteiger partial charge in [0.25, 0.3) is 0 Å². The first kappa shape index (κ1) is 19.4. The van der Waals surface area contributed by atoms with Crippen molar-refractivity contribution in [2.45, 2.75) is 17.3 Å². The zero-order chi connectivity index (χ0) is 19.4. The van der Waals surface area contributed by atoms with Crippen molar-refractivity contribution in [2.75, 3.05) is 20.0 Å². The van der Waals surface area contributed by atoms with Gasteiger partial charge in [-0.15, -0.1) is 27.8 Å². The Balaban J connectivity index is 1.79. The maximum atomic E-state index is 12.1. The summed E-state index contributed by atoms with van der Waals surface area (Å²) in [5.41, 5.74) is 6.57. The summed E-state index contributed by atoms with van der Waals surface area (Å²) in [6.07, 6.45) is 0.664. The molecule has 3 heterocycles. The van der Waals surface area contributed by atoms with Crippen LogP contribution in [0.2, 0.25) is 0 Å². The van der Waals surface area contributed by atoms with Gasteiger partial charge in [0.05, 0.1) is 19.8 Å². The van der Waals surface area contributed by atoms with Gasteiger partial charge in [0.1, 0.15) is 15.7 Å². The van der Waals surface area contributed by atoms with Crippen LogP contribution >= 0.6 is 34.4 Å². The highest BCUT2D eigenvalue weighted by atomic mass is 32.2. The largest absolute Gasteiger partial charge is 0.465 e. The van der Waals surface area contributed by atoms with Crippen LogP contribution in [0.5, 0.6) is 0 Å². The van der Waals surface area contributed by atoms with Crippen LogP contribution in [0.25, 0.3) is 0 Å². The molecule has 0 saturated carbocycles. The number of carbonyl (C=O) groups excluding carboxylic acids is 2. The summed E-state index contributed by atoms with van der Waals surface area (Å²) in [4.78, 5) is 30.0. The molecule has 27 heavy (non-hydrogen) atoms. The summed E-state index contributed by atoms with van der Waals surface area (Å²) in [5, 5.41) is 9.81. The molecule has 0 atom stereocenters. The van der Waals surface area contributed by atoms with E-state index in [1.54, 1.807) is 11.3 Å². The number of rotatable bonds is 7. The number of H-pyrrole nitrogens is 1. The summed E-state index contributed by atoms with van der Waals surface area (Å²) in [5.74, 6) is -0.126. The molecule has 0 spiro atoms. The lowest BCUT2D eigenvalue weighted by Crippen LogP contribution is -2.08. The van der Waals surface area contributed by atoms with Gasteiger partial charge in [0.15, 0.2) is 0 Å². The third-order valence-corrected chi connectivity index (χ3v) is 6.36. The van der Waals surface area contributed by atoms with Crippen LogP contribution in [0.1, 0.15) is 36.3 Å².